The van der Waals surface area contributed by atoms with Gasteiger partial charge in [-0.1, -0.05) is 0 Å². The van der Waals surface area contributed by atoms with Crippen LogP contribution in [0.4, 0.5) is 0 Å². The topological polar surface area (TPSA) is 12.9 Å². The van der Waals surface area contributed by atoms with Crippen molar-refractivity contribution >= 4 is 17.7 Å². The van der Waals surface area contributed by atoms with E-state index in [1.807, 2.05) is 0 Å². The number of rotatable bonds is 4. The van der Waals surface area contributed by atoms with E-state index >= 15 is 0 Å². The Morgan fingerprint density at radius 2 is 1.50 bits per heavy atom. The van der Waals surface area contributed by atoms with Gasteiger partial charge < -0.3 is 0 Å². The molecule has 0 amide bonds. The van der Waals surface area contributed by atoms with Crippen LogP contribution in [-0.4, -0.2) is 18.3 Å². The molecule has 0 aliphatic rings. The van der Waals surface area contributed by atoms with Crippen molar-refractivity contribution in [2.45, 2.75) is 30.1 Å². The van der Waals surface area contributed by atoms with Crippen LogP contribution in [0, 0.1) is 0 Å². The quantitative estimate of drug-likeness (QED) is 0.553. The summed E-state index contributed by atoms with van der Waals surface area (Å²) in [5, 5.41) is 0. The predicted molar refractivity (Wildman–Crippen MR) is 107 cm³/mol. The normalized spacial score (nSPS) is 12.8. The van der Waals surface area contributed by atoms with E-state index in [1.54, 1.807) is 0 Å². The molecule has 3 rings (SSSR count). The van der Waals surface area contributed by atoms with Gasteiger partial charge in [0.15, 0.2) is 0 Å². The molecule has 3 aromatic rings. The van der Waals surface area contributed by atoms with Crippen molar-refractivity contribution in [2.24, 2.45) is 0 Å². The van der Waals surface area contributed by atoms with Crippen molar-refractivity contribution in [3.63, 3.8) is 0 Å². The Morgan fingerprint density at radius 1 is 0.792 bits per heavy atom. The Hall–Kier alpha value is -1.87. The summed E-state index contributed by atoms with van der Waals surface area (Å²) in [6, 6.07) is 23.9. The second-order valence-corrected chi connectivity index (χ2v) is 18.1. The number of hydrogen-bond acceptors (Lipinski definition) is 1. The zero-order valence-corrected chi connectivity index (χ0v) is 17.1. The third-order valence-corrected chi connectivity index (χ3v) is 8.87. The molecule has 0 fully saturated rings. The molecule has 1 atom stereocenters. The van der Waals surface area contributed by atoms with E-state index < -0.39 is 13.3 Å². The Balaban J connectivity index is 1.91. The van der Waals surface area contributed by atoms with Crippen molar-refractivity contribution in [2.75, 3.05) is 0 Å². The Kier molecular flexibility index (Phi) is 4.91. The minimum atomic E-state index is -1.79. The van der Waals surface area contributed by atoms with E-state index in [9.17, 15) is 0 Å². The molecule has 0 aliphatic carbocycles. The molecule has 0 saturated carbocycles. The van der Waals surface area contributed by atoms with Gasteiger partial charge in [0.2, 0.25) is 0 Å². The summed E-state index contributed by atoms with van der Waals surface area (Å²) in [4.78, 5) is 4.74. The number of hydrogen-bond donors (Lipinski definition) is 0. The van der Waals surface area contributed by atoms with Crippen LogP contribution in [0.15, 0.2) is 72.9 Å². The molecule has 1 nitrogen and oxygen atoms in total. The third-order valence-electron chi connectivity index (χ3n) is 4.61. The van der Waals surface area contributed by atoms with Gasteiger partial charge in [-0.25, -0.2) is 0 Å². The molecule has 24 heavy (non-hydrogen) atoms. The number of benzene rings is 2. The molecule has 0 radical (unpaired) electrons. The molecule has 0 N–H and O–H groups in total. The number of pyridine rings is 1. The zero-order chi connectivity index (χ0) is 17.2. The Morgan fingerprint density at radius 3 is 2.12 bits per heavy atom. The van der Waals surface area contributed by atoms with E-state index in [4.69, 9.17) is 4.98 Å². The summed E-state index contributed by atoms with van der Waals surface area (Å²) in [5.41, 5.74) is 4.94. The van der Waals surface area contributed by atoms with Crippen molar-refractivity contribution in [3.8, 4) is 11.3 Å². The van der Waals surface area contributed by atoms with Crippen LogP contribution < -0.4 is 4.40 Å². The van der Waals surface area contributed by atoms with Crippen molar-refractivity contribution < 1.29 is 0 Å². The predicted octanol–water partition coefficient (Wildman–Crippen LogP) is 5.45. The first kappa shape index (κ1) is 17.0. The molecular formula is C22H25GeN. The van der Waals surface area contributed by atoms with Crippen molar-refractivity contribution in [1.82, 2.24) is 4.98 Å². The number of nitrogens with zero attached hydrogens (tertiary/aromatic N) is 1. The van der Waals surface area contributed by atoms with Crippen LogP contribution in [-0.2, 0) is 0 Å². The van der Waals surface area contributed by atoms with Crippen LogP contribution in [0.3, 0.4) is 0 Å². The maximum atomic E-state index is 4.74. The fraction of sp³-hybridized carbons (Fsp3) is 0.227. The minimum absolute atomic E-state index is 0.384. The van der Waals surface area contributed by atoms with Crippen LogP contribution in [0.25, 0.3) is 11.3 Å². The van der Waals surface area contributed by atoms with E-state index in [1.165, 1.54) is 21.1 Å². The molecule has 2 heteroatoms. The molecular weight excluding hydrogens is 351 g/mol. The van der Waals surface area contributed by atoms with Gasteiger partial charge in [0.05, 0.1) is 0 Å². The van der Waals surface area contributed by atoms with Crippen molar-refractivity contribution in [3.05, 3.63) is 84.1 Å². The molecule has 0 bridgehead atoms. The zero-order valence-electron chi connectivity index (χ0n) is 15.0. The monoisotopic (exact) mass is 377 g/mol. The van der Waals surface area contributed by atoms with Crippen LogP contribution >= 0.6 is 0 Å². The summed E-state index contributed by atoms with van der Waals surface area (Å²) >= 11 is -1.79. The fourth-order valence-corrected chi connectivity index (χ4v) is 5.08. The van der Waals surface area contributed by atoms with Crippen LogP contribution in [0.5, 0.6) is 0 Å². The molecule has 1 aromatic heterocycles. The van der Waals surface area contributed by atoms with E-state index in [2.05, 4.69) is 97.1 Å². The Labute approximate surface area is 148 Å². The SMILES string of the molecule is CC(c1ccccc1)c1cccc(-c2cc[c]([Ge]([CH3])([CH3])[CH3])cn2)c1. The van der Waals surface area contributed by atoms with Gasteiger partial charge in [0.1, 0.15) is 0 Å². The van der Waals surface area contributed by atoms with Crippen molar-refractivity contribution in [1.29, 1.82) is 0 Å². The average Bonchev–Trinajstić information content (AvgIpc) is 2.61. The summed E-state index contributed by atoms with van der Waals surface area (Å²) in [6.07, 6.45) is 2.09. The van der Waals surface area contributed by atoms with E-state index in [0.29, 0.717) is 5.92 Å². The molecule has 2 aromatic carbocycles. The van der Waals surface area contributed by atoms with Gasteiger partial charge in [-0.05, 0) is 0 Å². The first-order valence-electron chi connectivity index (χ1n) is 8.57. The van der Waals surface area contributed by atoms with Crippen LogP contribution in [0.2, 0.25) is 17.3 Å². The summed E-state index contributed by atoms with van der Waals surface area (Å²) in [7, 11) is 0. The average molecular weight is 376 g/mol. The maximum absolute atomic E-state index is 4.74. The van der Waals surface area contributed by atoms with Gasteiger partial charge in [0, 0.05) is 0 Å². The second kappa shape index (κ2) is 6.94. The van der Waals surface area contributed by atoms with Gasteiger partial charge >= 0.3 is 148 Å². The van der Waals surface area contributed by atoms with E-state index in [-0.39, 0.29) is 0 Å². The molecule has 122 valence electrons. The standard InChI is InChI=1S/C22H25GeN/c1-17(18-9-6-5-7-10-18)19-11-8-12-20(15-19)22-14-13-21(16-24-22)23(2,3)4/h5-17H,1-4H3. The molecule has 1 heterocycles. The van der Waals surface area contributed by atoms with Crippen LogP contribution in [0.1, 0.15) is 24.0 Å². The summed E-state index contributed by atoms with van der Waals surface area (Å²) < 4.78 is 1.45. The fourth-order valence-electron chi connectivity index (χ4n) is 2.91. The summed E-state index contributed by atoms with van der Waals surface area (Å²) in [6.45, 7) is 2.26. The molecule has 1 unspecified atom stereocenters. The van der Waals surface area contributed by atoms with Gasteiger partial charge in [-0.2, -0.15) is 0 Å². The second-order valence-electron chi connectivity index (χ2n) is 7.44. The van der Waals surface area contributed by atoms with E-state index in [0.717, 1.165) is 5.69 Å². The van der Waals surface area contributed by atoms with Gasteiger partial charge in [-0.15, -0.1) is 0 Å². The van der Waals surface area contributed by atoms with Gasteiger partial charge in [0.25, 0.3) is 0 Å². The molecule has 0 saturated heterocycles. The van der Waals surface area contributed by atoms with Gasteiger partial charge in [-0.3, -0.25) is 0 Å². The number of aromatic nitrogens is 1. The molecule has 0 spiro atoms. The first-order valence-corrected chi connectivity index (χ1v) is 15.9. The molecule has 0 aliphatic heterocycles. The Bertz CT molecular complexity index is 801. The third kappa shape index (κ3) is 3.78. The first-order chi connectivity index (χ1) is 11.4. The summed E-state index contributed by atoms with van der Waals surface area (Å²) in [5.74, 6) is 7.59.